The first-order valence-corrected chi connectivity index (χ1v) is 8.95. The number of rotatable bonds is 3. The SMILES string of the molecule is Cc1cc(Cl)ccc1NC(=O)CN=C1NS(=O)(=O)c2ccccc21. The van der Waals surface area contributed by atoms with Crippen molar-refractivity contribution in [3.8, 4) is 0 Å². The number of hydrogen-bond donors (Lipinski definition) is 2. The summed E-state index contributed by atoms with van der Waals surface area (Å²) in [5.41, 5.74) is 1.93. The topological polar surface area (TPSA) is 87.6 Å². The Morgan fingerprint density at radius 2 is 2.00 bits per heavy atom. The fourth-order valence-electron chi connectivity index (χ4n) is 2.36. The van der Waals surface area contributed by atoms with Gasteiger partial charge < -0.3 is 5.32 Å². The predicted molar refractivity (Wildman–Crippen MR) is 93.0 cm³/mol. The molecule has 2 aromatic carbocycles. The minimum absolute atomic E-state index is 0.165. The van der Waals surface area contributed by atoms with Gasteiger partial charge in [-0.25, -0.2) is 8.42 Å². The fraction of sp³-hybridized carbons (Fsp3) is 0.125. The average Bonchev–Trinajstić information content (AvgIpc) is 2.80. The zero-order valence-electron chi connectivity index (χ0n) is 12.7. The lowest BCUT2D eigenvalue weighted by Gasteiger charge is -2.07. The van der Waals surface area contributed by atoms with E-state index in [-0.39, 0.29) is 23.2 Å². The van der Waals surface area contributed by atoms with Crippen molar-refractivity contribution in [3.05, 3.63) is 58.6 Å². The maximum atomic E-state index is 12.1. The number of anilines is 1. The van der Waals surface area contributed by atoms with Gasteiger partial charge in [-0.15, -0.1) is 0 Å². The molecule has 0 bridgehead atoms. The standard InChI is InChI=1S/C16H14ClN3O3S/c1-10-8-11(17)6-7-13(10)19-15(21)9-18-16-12-4-2-3-5-14(12)24(22,23)20-16/h2-8H,9H2,1H3,(H,18,20)(H,19,21). The summed E-state index contributed by atoms with van der Waals surface area (Å²) in [5, 5.41) is 3.31. The summed E-state index contributed by atoms with van der Waals surface area (Å²) in [4.78, 5) is 16.3. The Morgan fingerprint density at radius 1 is 1.25 bits per heavy atom. The van der Waals surface area contributed by atoms with E-state index >= 15 is 0 Å². The summed E-state index contributed by atoms with van der Waals surface area (Å²) in [7, 11) is -3.60. The first-order chi connectivity index (χ1) is 11.4. The number of carbonyl (C=O) groups is 1. The van der Waals surface area contributed by atoms with E-state index in [1.807, 2.05) is 6.92 Å². The van der Waals surface area contributed by atoms with Gasteiger partial charge in [0.15, 0.2) is 0 Å². The molecule has 0 aromatic heterocycles. The molecular formula is C16H14ClN3O3S. The minimum Gasteiger partial charge on any atom is -0.324 e. The Balaban J connectivity index is 1.76. The van der Waals surface area contributed by atoms with E-state index in [1.54, 1.807) is 36.4 Å². The highest BCUT2D eigenvalue weighted by Gasteiger charge is 2.30. The average molecular weight is 364 g/mol. The maximum Gasteiger partial charge on any atom is 0.263 e. The van der Waals surface area contributed by atoms with E-state index in [2.05, 4.69) is 15.0 Å². The molecule has 0 saturated heterocycles. The molecule has 2 aromatic rings. The molecule has 124 valence electrons. The number of aryl methyl sites for hydroxylation is 1. The van der Waals surface area contributed by atoms with Crippen molar-refractivity contribution in [3.63, 3.8) is 0 Å². The zero-order chi connectivity index (χ0) is 17.3. The third kappa shape index (κ3) is 3.27. The van der Waals surface area contributed by atoms with Crippen LogP contribution in [0, 0.1) is 6.92 Å². The number of sulfonamides is 1. The molecule has 1 aliphatic heterocycles. The van der Waals surface area contributed by atoms with Crippen LogP contribution in [0.15, 0.2) is 52.4 Å². The van der Waals surface area contributed by atoms with Crippen LogP contribution in [0.4, 0.5) is 5.69 Å². The third-order valence-electron chi connectivity index (χ3n) is 3.51. The lowest BCUT2D eigenvalue weighted by molar-refractivity contribution is -0.114. The van der Waals surface area contributed by atoms with Gasteiger partial charge in [-0.1, -0.05) is 23.7 Å². The molecule has 0 spiro atoms. The molecule has 8 heteroatoms. The smallest absolute Gasteiger partial charge is 0.263 e. The highest BCUT2D eigenvalue weighted by Crippen LogP contribution is 2.22. The van der Waals surface area contributed by atoms with Crippen molar-refractivity contribution in [1.29, 1.82) is 0 Å². The van der Waals surface area contributed by atoms with E-state index < -0.39 is 10.0 Å². The van der Waals surface area contributed by atoms with Crippen molar-refractivity contribution in [2.24, 2.45) is 4.99 Å². The second kappa shape index (κ2) is 6.26. The Hall–Kier alpha value is -2.38. The summed E-state index contributed by atoms with van der Waals surface area (Å²) < 4.78 is 26.3. The summed E-state index contributed by atoms with van der Waals surface area (Å²) >= 11 is 5.88. The second-order valence-corrected chi connectivity index (χ2v) is 7.36. The van der Waals surface area contributed by atoms with Crippen molar-refractivity contribution < 1.29 is 13.2 Å². The van der Waals surface area contributed by atoms with Gasteiger partial charge in [0.25, 0.3) is 10.0 Å². The number of amidine groups is 1. The molecule has 24 heavy (non-hydrogen) atoms. The summed E-state index contributed by atoms with van der Waals surface area (Å²) in [5.74, 6) is -0.176. The molecule has 1 amide bonds. The van der Waals surface area contributed by atoms with Gasteiger partial charge in [-0.3, -0.25) is 14.5 Å². The molecule has 3 rings (SSSR count). The molecular weight excluding hydrogens is 350 g/mol. The number of carbonyl (C=O) groups excluding carboxylic acids is 1. The van der Waals surface area contributed by atoms with Crippen molar-refractivity contribution in [1.82, 2.24) is 4.72 Å². The number of fused-ring (bicyclic) bond motifs is 1. The molecule has 0 atom stereocenters. The Morgan fingerprint density at radius 3 is 2.75 bits per heavy atom. The molecule has 6 nitrogen and oxygen atoms in total. The zero-order valence-corrected chi connectivity index (χ0v) is 14.3. The molecule has 0 aliphatic carbocycles. The summed E-state index contributed by atoms with van der Waals surface area (Å²) in [6.45, 7) is 1.63. The molecule has 1 aliphatic rings. The van der Waals surface area contributed by atoms with Crippen LogP contribution >= 0.6 is 11.6 Å². The van der Waals surface area contributed by atoms with Gasteiger partial charge in [0.1, 0.15) is 12.4 Å². The maximum absolute atomic E-state index is 12.1. The first-order valence-electron chi connectivity index (χ1n) is 7.09. The van der Waals surface area contributed by atoms with Crippen LogP contribution in [0.5, 0.6) is 0 Å². The van der Waals surface area contributed by atoms with Crippen LogP contribution in [0.25, 0.3) is 0 Å². The van der Waals surface area contributed by atoms with Crippen LogP contribution < -0.4 is 10.0 Å². The number of nitrogens with zero attached hydrogens (tertiary/aromatic N) is 1. The molecule has 2 N–H and O–H groups in total. The quantitative estimate of drug-likeness (QED) is 0.877. The Labute approximate surface area is 144 Å². The van der Waals surface area contributed by atoms with Gasteiger partial charge in [0, 0.05) is 16.3 Å². The van der Waals surface area contributed by atoms with Crippen LogP contribution in [-0.4, -0.2) is 26.7 Å². The van der Waals surface area contributed by atoms with Crippen LogP contribution in [-0.2, 0) is 14.8 Å². The normalized spacial score (nSPS) is 16.5. The number of hydrogen-bond acceptors (Lipinski definition) is 4. The predicted octanol–water partition coefficient (Wildman–Crippen LogP) is 2.33. The van der Waals surface area contributed by atoms with Gasteiger partial charge >= 0.3 is 0 Å². The monoisotopic (exact) mass is 363 g/mol. The number of amides is 1. The van der Waals surface area contributed by atoms with E-state index in [0.717, 1.165) is 5.56 Å². The number of halogens is 1. The van der Waals surface area contributed by atoms with Gasteiger partial charge in [0.2, 0.25) is 5.91 Å². The minimum atomic E-state index is -3.60. The third-order valence-corrected chi connectivity index (χ3v) is 5.14. The largest absolute Gasteiger partial charge is 0.324 e. The highest BCUT2D eigenvalue weighted by molar-refractivity contribution is 7.90. The van der Waals surface area contributed by atoms with Gasteiger partial charge in [-0.05, 0) is 42.8 Å². The van der Waals surface area contributed by atoms with Crippen molar-refractivity contribution >= 4 is 39.1 Å². The number of aliphatic imine (C=N–C) groups is 1. The molecule has 0 saturated carbocycles. The van der Waals surface area contributed by atoms with Crippen molar-refractivity contribution in [2.75, 3.05) is 11.9 Å². The first kappa shape index (κ1) is 16.5. The highest BCUT2D eigenvalue weighted by atomic mass is 35.5. The molecule has 0 radical (unpaired) electrons. The van der Waals surface area contributed by atoms with Crippen molar-refractivity contribution in [2.45, 2.75) is 11.8 Å². The van der Waals surface area contributed by atoms with Gasteiger partial charge in [-0.2, -0.15) is 0 Å². The Bertz CT molecular complexity index is 955. The van der Waals surface area contributed by atoms with Crippen LogP contribution in [0.3, 0.4) is 0 Å². The molecule has 0 unspecified atom stereocenters. The Kier molecular flexibility index (Phi) is 4.29. The second-order valence-electron chi connectivity index (χ2n) is 5.27. The lowest BCUT2D eigenvalue weighted by Crippen LogP contribution is -2.24. The van der Waals surface area contributed by atoms with Crippen LogP contribution in [0.1, 0.15) is 11.1 Å². The molecule has 1 heterocycles. The summed E-state index contributed by atoms with van der Waals surface area (Å²) in [6.07, 6.45) is 0. The lowest BCUT2D eigenvalue weighted by atomic mass is 10.2. The fourth-order valence-corrected chi connectivity index (χ4v) is 3.84. The summed E-state index contributed by atoms with van der Waals surface area (Å²) in [6, 6.07) is 11.6. The van der Waals surface area contributed by atoms with E-state index in [1.165, 1.54) is 6.07 Å². The van der Waals surface area contributed by atoms with Gasteiger partial charge in [0.05, 0.1) is 4.90 Å². The van der Waals surface area contributed by atoms with E-state index in [4.69, 9.17) is 11.6 Å². The van der Waals surface area contributed by atoms with E-state index in [9.17, 15) is 13.2 Å². The number of nitrogens with one attached hydrogen (secondary N) is 2. The van der Waals surface area contributed by atoms with Crippen LogP contribution in [0.2, 0.25) is 5.02 Å². The molecule has 0 fully saturated rings. The van der Waals surface area contributed by atoms with E-state index in [0.29, 0.717) is 16.3 Å². The number of benzene rings is 2.